The van der Waals surface area contributed by atoms with E-state index in [1.165, 1.54) is 24.3 Å². The van der Waals surface area contributed by atoms with Gasteiger partial charge < -0.3 is 9.84 Å². The van der Waals surface area contributed by atoms with Crippen molar-refractivity contribution in [1.82, 2.24) is 9.19 Å². The lowest BCUT2D eigenvalue weighted by atomic mass is 10.0. The Morgan fingerprint density at radius 2 is 1.61 bits per heavy atom. The number of ether oxygens (including phenoxy) is 1. The monoisotopic (exact) mass is 518 g/mol. The number of benzene rings is 4. The zero-order chi connectivity index (χ0) is 25.3. The topological polar surface area (TPSA) is 98.5 Å². The summed E-state index contributed by atoms with van der Waals surface area (Å²) in [6.45, 7) is 0.179. The van der Waals surface area contributed by atoms with E-state index in [-0.39, 0.29) is 22.8 Å². The van der Waals surface area contributed by atoms with Gasteiger partial charge in [0.1, 0.15) is 18.1 Å². The molecule has 0 saturated carbocycles. The van der Waals surface area contributed by atoms with Crippen LogP contribution in [0.5, 0.6) is 5.75 Å². The summed E-state index contributed by atoms with van der Waals surface area (Å²) in [6.07, 6.45) is 0. The second-order valence-corrected chi connectivity index (χ2v) is 10.2. The second kappa shape index (κ2) is 9.49. The third kappa shape index (κ3) is 4.44. The highest BCUT2D eigenvalue weighted by Gasteiger charge is 2.25. The summed E-state index contributed by atoms with van der Waals surface area (Å²) in [4.78, 5) is 11.7. The van der Waals surface area contributed by atoms with E-state index in [4.69, 9.17) is 16.3 Å². The molecular weight excluding hydrogens is 500 g/mol. The fourth-order valence-corrected chi connectivity index (χ4v) is 5.32. The van der Waals surface area contributed by atoms with Gasteiger partial charge in [0.2, 0.25) is 0 Å². The maximum atomic E-state index is 13.5. The predicted octanol–water partition coefficient (Wildman–Crippen LogP) is 5.87. The number of aromatic carboxylic acids is 1. The van der Waals surface area contributed by atoms with E-state index < -0.39 is 16.0 Å². The molecule has 0 unspecified atom stereocenters. The van der Waals surface area contributed by atoms with E-state index in [1.807, 2.05) is 30.3 Å². The van der Waals surface area contributed by atoms with Crippen LogP contribution in [0.2, 0.25) is 5.02 Å². The Kier molecular flexibility index (Phi) is 6.22. The normalized spacial score (nSPS) is 11.5. The number of halogens is 1. The first-order valence-electron chi connectivity index (χ1n) is 10.9. The Balaban J connectivity index is 1.70. The average Bonchev–Trinajstić information content (AvgIpc) is 3.27. The molecule has 0 aliphatic rings. The molecule has 4 aromatic carbocycles. The number of rotatable bonds is 7. The summed E-state index contributed by atoms with van der Waals surface area (Å²) in [6, 6.07) is 26.6. The van der Waals surface area contributed by atoms with Gasteiger partial charge in [0.25, 0.3) is 10.0 Å². The first-order valence-corrected chi connectivity index (χ1v) is 12.7. The van der Waals surface area contributed by atoms with Gasteiger partial charge in [0.15, 0.2) is 0 Å². The molecule has 0 bridgehead atoms. The number of nitrogens with zero attached hydrogens (tertiary/aromatic N) is 2. The molecule has 5 rings (SSSR count). The lowest BCUT2D eigenvalue weighted by Crippen LogP contribution is -2.14. The fraction of sp³-hybridized carbons (Fsp3) is 0.0370. The molecule has 0 aliphatic heterocycles. The van der Waals surface area contributed by atoms with Gasteiger partial charge in [-0.05, 0) is 54.1 Å². The molecule has 36 heavy (non-hydrogen) atoms. The van der Waals surface area contributed by atoms with Crippen molar-refractivity contribution >= 4 is 38.5 Å². The highest BCUT2D eigenvalue weighted by Crippen LogP contribution is 2.37. The summed E-state index contributed by atoms with van der Waals surface area (Å²) in [5.74, 6) is -0.862. The smallest absolute Gasteiger partial charge is 0.335 e. The van der Waals surface area contributed by atoms with Gasteiger partial charge in [-0.2, -0.15) is 17.6 Å². The highest BCUT2D eigenvalue weighted by molar-refractivity contribution is 7.90. The van der Waals surface area contributed by atoms with Crippen LogP contribution in [0.15, 0.2) is 102 Å². The minimum absolute atomic E-state index is 0.0282. The Morgan fingerprint density at radius 1 is 0.917 bits per heavy atom. The lowest BCUT2D eigenvalue weighted by molar-refractivity contribution is 0.0696. The second-order valence-electron chi connectivity index (χ2n) is 7.96. The summed E-state index contributed by atoms with van der Waals surface area (Å²) >= 11 is 6.27. The van der Waals surface area contributed by atoms with Crippen molar-refractivity contribution in [2.75, 3.05) is 0 Å². The van der Waals surface area contributed by atoms with Crippen molar-refractivity contribution in [3.63, 3.8) is 0 Å². The van der Waals surface area contributed by atoms with Gasteiger partial charge in [0, 0.05) is 16.0 Å². The molecular formula is C27H19ClN2O5S. The number of carboxylic acid groups (broad SMARTS) is 1. The standard InChI is InChI=1S/C27H19ClN2O5S/c28-20-12-14-24-23(16-20)26(29-30(24)36(33,34)21-9-5-2-6-10-21)22-13-11-19(27(31)32)15-25(22)35-17-18-7-3-1-4-8-18/h1-16H,17H2,(H,31,32). The largest absolute Gasteiger partial charge is 0.488 e. The highest BCUT2D eigenvalue weighted by atomic mass is 35.5. The molecule has 9 heteroatoms. The van der Waals surface area contributed by atoms with Crippen LogP contribution in [0.3, 0.4) is 0 Å². The van der Waals surface area contributed by atoms with E-state index >= 15 is 0 Å². The molecule has 1 N–H and O–H groups in total. The molecule has 0 radical (unpaired) electrons. The number of carbonyl (C=O) groups is 1. The van der Waals surface area contributed by atoms with Crippen LogP contribution in [-0.4, -0.2) is 28.7 Å². The Morgan fingerprint density at radius 3 is 2.31 bits per heavy atom. The minimum atomic E-state index is -4.03. The van der Waals surface area contributed by atoms with Gasteiger partial charge >= 0.3 is 5.97 Å². The molecule has 7 nitrogen and oxygen atoms in total. The molecule has 0 atom stereocenters. The summed E-state index contributed by atoms with van der Waals surface area (Å²) < 4.78 is 33.9. The Bertz CT molecular complexity index is 1680. The van der Waals surface area contributed by atoms with E-state index in [0.29, 0.717) is 27.2 Å². The molecule has 0 aliphatic carbocycles. The number of fused-ring (bicyclic) bond motifs is 1. The van der Waals surface area contributed by atoms with Gasteiger partial charge in [-0.1, -0.05) is 60.1 Å². The predicted molar refractivity (Wildman–Crippen MR) is 137 cm³/mol. The molecule has 180 valence electrons. The molecule has 5 aromatic rings. The number of hydrogen-bond acceptors (Lipinski definition) is 5. The van der Waals surface area contributed by atoms with Gasteiger partial charge in [0.05, 0.1) is 16.0 Å². The van der Waals surface area contributed by atoms with E-state index in [2.05, 4.69) is 5.10 Å². The van der Waals surface area contributed by atoms with Crippen molar-refractivity contribution in [2.45, 2.75) is 11.5 Å². The molecule has 0 saturated heterocycles. The van der Waals surface area contributed by atoms with Crippen molar-refractivity contribution < 1.29 is 23.1 Å². The van der Waals surface area contributed by atoms with Crippen LogP contribution < -0.4 is 4.74 Å². The molecule has 1 aromatic heterocycles. The maximum absolute atomic E-state index is 13.5. The zero-order valence-corrected chi connectivity index (χ0v) is 20.3. The Hall–Kier alpha value is -4.14. The van der Waals surface area contributed by atoms with E-state index in [9.17, 15) is 18.3 Å². The third-order valence-corrected chi connectivity index (χ3v) is 7.44. The quantitative estimate of drug-likeness (QED) is 0.289. The van der Waals surface area contributed by atoms with Gasteiger partial charge in [-0.3, -0.25) is 0 Å². The SMILES string of the molecule is O=C(O)c1ccc(-c2nn(S(=O)(=O)c3ccccc3)c3ccc(Cl)cc23)c(OCc2ccccc2)c1. The Labute approximate surface area is 212 Å². The molecule has 0 spiro atoms. The molecule has 0 fully saturated rings. The van der Waals surface area contributed by atoms with Crippen molar-refractivity contribution in [2.24, 2.45) is 0 Å². The number of carboxylic acids is 1. The average molecular weight is 519 g/mol. The first-order chi connectivity index (χ1) is 17.3. The third-order valence-electron chi connectivity index (χ3n) is 5.60. The summed E-state index contributed by atoms with van der Waals surface area (Å²) in [5.41, 5.74) is 1.97. The van der Waals surface area contributed by atoms with Crippen LogP contribution in [0.25, 0.3) is 22.2 Å². The summed E-state index contributed by atoms with van der Waals surface area (Å²) in [7, 11) is -4.03. The minimum Gasteiger partial charge on any atom is -0.488 e. The van der Waals surface area contributed by atoms with E-state index in [1.54, 1.807) is 42.5 Å². The molecule has 0 amide bonds. The zero-order valence-electron chi connectivity index (χ0n) is 18.7. The van der Waals surface area contributed by atoms with Crippen LogP contribution in [-0.2, 0) is 16.6 Å². The van der Waals surface area contributed by atoms with E-state index in [0.717, 1.165) is 9.65 Å². The number of hydrogen-bond donors (Lipinski definition) is 1. The van der Waals surface area contributed by atoms with Crippen molar-refractivity contribution in [3.05, 3.63) is 113 Å². The van der Waals surface area contributed by atoms with Crippen molar-refractivity contribution in [1.29, 1.82) is 0 Å². The lowest BCUT2D eigenvalue weighted by Gasteiger charge is -2.12. The van der Waals surface area contributed by atoms with Crippen LogP contribution in [0, 0.1) is 0 Å². The fourth-order valence-electron chi connectivity index (χ4n) is 3.84. The summed E-state index contributed by atoms with van der Waals surface area (Å²) in [5, 5.41) is 14.9. The number of aromatic nitrogens is 2. The molecule has 1 heterocycles. The maximum Gasteiger partial charge on any atom is 0.335 e. The van der Waals surface area contributed by atoms with Gasteiger partial charge in [-0.25, -0.2) is 4.79 Å². The van der Waals surface area contributed by atoms with Crippen LogP contribution in [0.4, 0.5) is 0 Å². The van der Waals surface area contributed by atoms with Gasteiger partial charge in [-0.15, -0.1) is 0 Å². The van der Waals surface area contributed by atoms with Crippen LogP contribution >= 0.6 is 11.6 Å². The first kappa shape index (κ1) is 23.6. The van der Waals surface area contributed by atoms with Crippen LogP contribution in [0.1, 0.15) is 15.9 Å². The van der Waals surface area contributed by atoms with Crippen molar-refractivity contribution in [3.8, 4) is 17.0 Å².